The Balaban J connectivity index is 2.37. The van der Waals surface area contributed by atoms with Gasteiger partial charge in [-0.3, -0.25) is 4.79 Å². The zero-order chi connectivity index (χ0) is 18.6. The summed E-state index contributed by atoms with van der Waals surface area (Å²) in [6.45, 7) is 2.79. The van der Waals surface area contributed by atoms with Crippen molar-refractivity contribution in [1.29, 1.82) is 0 Å². The molecule has 136 valence electrons. The van der Waals surface area contributed by atoms with Gasteiger partial charge in [-0.1, -0.05) is 6.07 Å². The van der Waals surface area contributed by atoms with Crippen molar-refractivity contribution in [3.05, 3.63) is 51.9 Å². The average molecular weight is 368 g/mol. The number of nitrogens with one attached hydrogen (secondary N) is 1. The normalized spacial score (nSPS) is 11.6. The lowest BCUT2D eigenvalue weighted by Gasteiger charge is -2.11. The van der Waals surface area contributed by atoms with Crippen molar-refractivity contribution in [2.45, 2.75) is 18.4 Å². The molecule has 0 aliphatic heterocycles. The summed E-state index contributed by atoms with van der Waals surface area (Å²) in [4.78, 5) is 12.0. The van der Waals surface area contributed by atoms with Gasteiger partial charge in [0.15, 0.2) is 5.75 Å². The van der Waals surface area contributed by atoms with E-state index in [1.54, 1.807) is 14.0 Å². The van der Waals surface area contributed by atoms with Crippen molar-refractivity contribution in [3.8, 4) is 11.5 Å². The fraction of sp³-hybridized carbons (Fsp3) is 0.312. The number of methoxy groups -OCH3 is 1. The van der Waals surface area contributed by atoms with Crippen LogP contribution in [0.5, 0.6) is 11.5 Å². The minimum absolute atomic E-state index is 0.191. The second kappa shape index (κ2) is 7.68. The zero-order valence-electron chi connectivity index (χ0n) is 13.9. The van der Waals surface area contributed by atoms with Crippen LogP contribution < -0.4 is 10.9 Å². The number of aryl methyl sites for hydroxylation is 1. The van der Waals surface area contributed by atoms with Crippen molar-refractivity contribution in [3.63, 3.8) is 0 Å². The fourth-order valence-corrected chi connectivity index (χ4v) is 3.39. The van der Waals surface area contributed by atoms with E-state index < -0.39 is 21.3 Å². The van der Waals surface area contributed by atoms with E-state index in [1.165, 1.54) is 18.2 Å². The first-order valence-corrected chi connectivity index (χ1v) is 8.91. The van der Waals surface area contributed by atoms with Crippen molar-refractivity contribution >= 4 is 10.0 Å². The summed E-state index contributed by atoms with van der Waals surface area (Å²) in [5.41, 5.74) is -0.267. The zero-order valence-corrected chi connectivity index (χ0v) is 14.7. The number of phenols is 1. The number of rotatable bonds is 7. The van der Waals surface area contributed by atoms with E-state index in [9.17, 15) is 23.4 Å². The third kappa shape index (κ3) is 4.01. The van der Waals surface area contributed by atoms with Crippen LogP contribution in [-0.4, -0.2) is 42.9 Å². The lowest BCUT2D eigenvalue weighted by atomic mass is 10.2. The molecule has 2 aromatic rings. The minimum Gasteiger partial charge on any atom is -0.508 e. The van der Waals surface area contributed by atoms with Crippen LogP contribution in [0.25, 0.3) is 0 Å². The van der Waals surface area contributed by atoms with Gasteiger partial charge >= 0.3 is 5.56 Å². The van der Waals surface area contributed by atoms with Crippen LogP contribution >= 0.6 is 0 Å². The van der Waals surface area contributed by atoms with Crippen LogP contribution in [0.2, 0.25) is 0 Å². The SMILES string of the molecule is COCCNCc1ccn(S(=O)(=O)c2ccc(C)c(O)c2)c(=O)c1O. The highest BCUT2D eigenvalue weighted by Gasteiger charge is 2.22. The average Bonchev–Trinajstić information content (AvgIpc) is 2.57. The number of phenolic OH excluding ortho intramolecular Hbond substituents is 1. The van der Waals surface area contributed by atoms with Gasteiger partial charge in [0.2, 0.25) is 0 Å². The third-order valence-corrected chi connectivity index (χ3v) is 5.31. The number of aromatic hydroxyl groups is 2. The van der Waals surface area contributed by atoms with Gasteiger partial charge in [0.25, 0.3) is 10.0 Å². The molecule has 0 unspecified atom stereocenters. The summed E-state index contributed by atoms with van der Waals surface area (Å²) in [6.07, 6.45) is 1.08. The molecule has 0 atom stereocenters. The largest absolute Gasteiger partial charge is 0.508 e. The number of hydrogen-bond donors (Lipinski definition) is 3. The monoisotopic (exact) mass is 368 g/mol. The Hall–Kier alpha value is -2.36. The predicted molar refractivity (Wildman–Crippen MR) is 91.4 cm³/mol. The number of nitrogens with zero attached hydrogens (tertiary/aromatic N) is 1. The molecule has 0 saturated carbocycles. The lowest BCUT2D eigenvalue weighted by molar-refractivity contribution is 0.199. The number of pyridine rings is 1. The number of ether oxygens (including phenoxy) is 1. The lowest BCUT2D eigenvalue weighted by Crippen LogP contribution is -2.28. The second-order valence-electron chi connectivity index (χ2n) is 5.41. The Morgan fingerprint density at radius 2 is 1.96 bits per heavy atom. The highest BCUT2D eigenvalue weighted by atomic mass is 32.2. The van der Waals surface area contributed by atoms with E-state index in [0.29, 0.717) is 22.7 Å². The highest BCUT2D eigenvalue weighted by Crippen LogP contribution is 2.22. The first-order chi connectivity index (χ1) is 11.8. The molecule has 1 aromatic heterocycles. The van der Waals surface area contributed by atoms with Gasteiger partial charge in [-0.05, 0) is 24.6 Å². The van der Waals surface area contributed by atoms with Gasteiger partial charge in [-0.25, -0.2) is 12.4 Å². The quantitative estimate of drug-likeness (QED) is 0.611. The van der Waals surface area contributed by atoms with Gasteiger partial charge in [-0.15, -0.1) is 0 Å². The van der Waals surface area contributed by atoms with Crippen LogP contribution in [-0.2, 0) is 21.3 Å². The Kier molecular flexibility index (Phi) is 5.83. The van der Waals surface area contributed by atoms with Crippen LogP contribution in [0.15, 0.2) is 40.2 Å². The number of aromatic nitrogens is 1. The van der Waals surface area contributed by atoms with Crippen molar-refractivity contribution < 1.29 is 23.4 Å². The molecule has 25 heavy (non-hydrogen) atoms. The summed E-state index contributed by atoms with van der Waals surface area (Å²) in [5.74, 6) is -0.843. The molecule has 0 bridgehead atoms. The van der Waals surface area contributed by atoms with E-state index in [1.807, 2.05) is 0 Å². The van der Waals surface area contributed by atoms with E-state index in [0.717, 1.165) is 12.3 Å². The molecule has 0 aliphatic rings. The Morgan fingerprint density at radius 1 is 1.24 bits per heavy atom. The second-order valence-corrected chi connectivity index (χ2v) is 7.23. The Bertz CT molecular complexity index is 921. The minimum atomic E-state index is -4.23. The fourth-order valence-electron chi connectivity index (χ4n) is 2.14. The Labute approximate surface area is 145 Å². The predicted octanol–water partition coefficient (Wildman–Crippen LogP) is 0.541. The van der Waals surface area contributed by atoms with E-state index in [4.69, 9.17) is 4.74 Å². The Morgan fingerprint density at radius 3 is 2.60 bits per heavy atom. The molecule has 0 fully saturated rings. The molecule has 0 saturated heterocycles. The molecule has 9 heteroatoms. The third-order valence-electron chi connectivity index (χ3n) is 3.65. The van der Waals surface area contributed by atoms with Crippen molar-refractivity contribution in [2.24, 2.45) is 0 Å². The van der Waals surface area contributed by atoms with E-state index in [-0.39, 0.29) is 22.8 Å². The van der Waals surface area contributed by atoms with Gasteiger partial charge in [0.05, 0.1) is 11.5 Å². The van der Waals surface area contributed by atoms with Gasteiger partial charge in [-0.2, -0.15) is 0 Å². The molecule has 8 nitrogen and oxygen atoms in total. The number of benzene rings is 1. The van der Waals surface area contributed by atoms with Crippen LogP contribution in [0.4, 0.5) is 0 Å². The standard InChI is InChI=1S/C16H20N2O6S/c1-11-3-4-13(9-14(11)19)25(22,23)18-7-5-12(15(20)16(18)21)10-17-6-8-24-2/h3-5,7,9,17,19-20H,6,8,10H2,1-2H3. The first kappa shape index (κ1) is 19.0. The summed E-state index contributed by atoms with van der Waals surface area (Å²) >= 11 is 0. The van der Waals surface area contributed by atoms with Gasteiger partial charge < -0.3 is 20.3 Å². The smallest absolute Gasteiger partial charge is 0.306 e. The molecule has 0 spiro atoms. The topological polar surface area (TPSA) is 118 Å². The molecule has 1 aromatic carbocycles. The highest BCUT2D eigenvalue weighted by molar-refractivity contribution is 7.90. The summed E-state index contributed by atoms with van der Waals surface area (Å²) in [5, 5.41) is 22.7. The molecule has 3 N–H and O–H groups in total. The maximum Gasteiger partial charge on any atom is 0.306 e. The summed E-state index contributed by atoms with van der Waals surface area (Å²) < 4.78 is 30.5. The summed E-state index contributed by atoms with van der Waals surface area (Å²) in [7, 11) is -2.68. The molecule has 2 rings (SSSR count). The molecular formula is C16H20N2O6S. The van der Waals surface area contributed by atoms with Crippen molar-refractivity contribution in [2.75, 3.05) is 20.3 Å². The molecule has 0 radical (unpaired) electrons. The summed E-state index contributed by atoms with van der Waals surface area (Å²) in [6, 6.07) is 5.13. The molecular weight excluding hydrogens is 348 g/mol. The molecule has 0 amide bonds. The maximum atomic E-state index is 12.6. The van der Waals surface area contributed by atoms with E-state index in [2.05, 4.69) is 5.32 Å². The maximum absolute atomic E-state index is 12.6. The van der Waals surface area contributed by atoms with Crippen LogP contribution in [0, 0.1) is 6.92 Å². The van der Waals surface area contributed by atoms with Gasteiger partial charge in [0.1, 0.15) is 5.75 Å². The molecule has 1 heterocycles. The molecule has 0 aliphatic carbocycles. The number of hydrogen-bond acceptors (Lipinski definition) is 7. The first-order valence-electron chi connectivity index (χ1n) is 7.47. The van der Waals surface area contributed by atoms with Crippen LogP contribution in [0.1, 0.15) is 11.1 Å². The van der Waals surface area contributed by atoms with Gasteiger partial charge in [0, 0.05) is 38.0 Å². The van der Waals surface area contributed by atoms with E-state index >= 15 is 0 Å². The van der Waals surface area contributed by atoms with Crippen LogP contribution in [0.3, 0.4) is 0 Å². The van der Waals surface area contributed by atoms with Crippen molar-refractivity contribution in [1.82, 2.24) is 9.29 Å².